The summed E-state index contributed by atoms with van der Waals surface area (Å²) in [6.45, 7) is 5.19. The third kappa shape index (κ3) is 3.27. The van der Waals surface area contributed by atoms with Gasteiger partial charge in [-0.3, -0.25) is 0 Å². The first-order valence-corrected chi connectivity index (χ1v) is 7.62. The van der Waals surface area contributed by atoms with Crippen LogP contribution in [0.2, 0.25) is 0 Å². The van der Waals surface area contributed by atoms with Crippen LogP contribution in [0.5, 0.6) is 5.75 Å². The fourth-order valence-corrected chi connectivity index (χ4v) is 2.54. The molecule has 0 spiro atoms. The summed E-state index contributed by atoms with van der Waals surface area (Å²) in [5.74, 6) is -0.769. The van der Waals surface area contributed by atoms with E-state index < -0.39 is 17.7 Å². The molecule has 2 rings (SSSR count). The van der Waals surface area contributed by atoms with Gasteiger partial charge in [0.25, 0.3) is 5.67 Å². The van der Waals surface area contributed by atoms with Crippen LogP contribution in [-0.4, -0.2) is 17.2 Å². The molecule has 0 saturated carbocycles. The first-order chi connectivity index (χ1) is 10.9. The Labute approximate surface area is 135 Å². The van der Waals surface area contributed by atoms with Crippen molar-refractivity contribution in [2.75, 3.05) is 0 Å². The first-order valence-electron chi connectivity index (χ1n) is 7.62. The van der Waals surface area contributed by atoms with Crippen molar-refractivity contribution in [3.8, 4) is 5.75 Å². The lowest BCUT2D eigenvalue weighted by atomic mass is 9.88. The van der Waals surface area contributed by atoms with Gasteiger partial charge in [0.1, 0.15) is 11.9 Å². The molecule has 0 aliphatic carbocycles. The van der Waals surface area contributed by atoms with E-state index in [-0.39, 0.29) is 12.0 Å². The van der Waals surface area contributed by atoms with E-state index in [0.29, 0.717) is 5.75 Å². The Morgan fingerprint density at radius 1 is 1.13 bits per heavy atom. The Morgan fingerprint density at radius 2 is 1.70 bits per heavy atom. The molecule has 3 nitrogen and oxygen atoms in total. The van der Waals surface area contributed by atoms with Crippen molar-refractivity contribution in [3.63, 3.8) is 0 Å². The van der Waals surface area contributed by atoms with E-state index in [4.69, 9.17) is 4.74 Å². The number of hydrogen-bond acceptors (Lipinski definition) is 3. The predicted molar refractivity (Wildman–Crippen MR) is 87.1 cm³/mol. The molecule has 0 aliphatic rings. The van der Waals surface area contributed by atoms with Gasteiger partial charge in [0.05, 0.1) is 0 Å². The van der Waals surface area contributed by atoms with Gasteiger partial charge in [-0.1, -0.05) is 55.5 Å². The Hall–Kier alpha value is -2.20. The van der Waals surface area contributed by atoms with Crippen LogP contribution in [0.3, 0.4) is 0 Å². The van der Waals surface area contributed by atoms with Crippen molar-refractivity contribution >= 4 is 5.97 Å². The number of halogens is 1. The number of carbonyl (C=O) groups excluding carboxylic acids is 1. The molecule has 2 atom stereocenters. The van der Waals surface area contributed by atoms with Crippen molar-refractivity contribution in [2.24, 2.45) is 0 Å². The van der Waals surface area contributed by atoms with Gasteiger partial charge in [0, 0.05) is 5.56 Å². The minimum absolute atomic E-state index is 0.0885. The molecule has 0 bridgehead atoms. The Kier molecular flexibility index (Phi) is 5.16. The van der Waals surface area contributed by atoms with Gasteiger partial charge in [0.2, 0.25) is 0 Å². The number of esters is 1. The highest BCUT2D eigenvalue weighted by atomic mass is 19.1. The number of hydrogen-bond donors (Lipinski definition) is 1. The van der Waals surface area contributed by atoms with Gasteiger partial charge in [-0.2, -0.15) is 0 Å². The second-order valence-corrected chi connectivity index (χ2v) is 5.61. The molecular formula is C19H21FO3. The fraction of sp³-hybridized carbons (Fsp3) is 0.316. The van der Waals surface area contributed by atoms with E-state index in [2.05, 4.69) is 0 Å². The number of aliphatic hydroxyl groups is 1. The monoisotopic (exact) mass is 316 g/mol. The van der Waals surface area contributed by atoms with E-state index in [1.165, 1.54) is 12.1 Å². The highest BCUT2D eigenvalue weighted by molar-refractivity contribution is 5.84. The number of benzene rings is 2. The maximum atomic E-state index is 15.5. The summed E-state index contributed by atoms with van der Waals surface area (Å²) in [6, 6.07) is 13.3. The van der Waals surface area contributed by atoms with Gasteiger partial charge in [0.15, 0.2) is 0 Å². The molecule has 122 valence electrons. The maximum Gasteiger partial charge on any atom is 0.356 e. The SMILES string of the molecule is CCC(O)C(F)(C(=O)Oc1c(C)cccc1C)c1ccccc1. The standard InChI is InChI=1S/C19H21FO3/c1-4-16(21)19(20,15-11-6-5-7-12-15)18(22)23-17-13(2)9-8-10-14(17)3/h5-12,16,21H,4H2,1-3H3. The fourth-order valence-electron chi connectivity index (χ4n) is 2.54. The zero-order valence-electron chi connectivity index (χ0n) is 13.5. The third-order valence-electron chi connectivity index (χ3n) is 3.94. The summed E-state index contributed by atoms with van der Waals surface area (Å²) in [5, 5.41) is 10.1. The summed E-state index contributed by atoms with van der Waals surface area (Å²) >= 11 is 0. The van der Waals surface area contributed by atoms with Crippen LogP contribution in [0.15, 0.2) is 48.5 Å². The van der Waals surface area contributed by atoms with Crippen molar-refractivity contribution in [2.45, 2.75) is 39.0 Å². The van der Waals surface area contributed by atoms with Gasteiger partial charge in [-0.05, 0) is 31.4 Å². The topological polar surface area (TPSA) is 46.5 Å². The molecule has 2 aromatic rings. The molecule has 0 fully saturated rings. The van der Waals surface area contributed by atoms with Gasteiger partial charge in [-0.15, -0.1) is 0 Å². The minimum atomic E-state index is -2.61. The number of carbonyl (C=O) groups is 1. The van der Waals surface area contributed by atoms with Gasteiger partial charge >= 0.3 is 5.97 Å². The molecule has 0 amide bonds. The van der Waals surface area contributed by atoms with E-state index in [1.54, 1.807) is 51.1 Å². The number of alkyl halides is 1. The van der Waals surface area contributed by atoms with Crippen molar-refractivity contribution in [1.82, 2.24) is 0 Å². The molecule has 2 aromatic carbocycles. The molecule has 0 aliphatic heterocycles. The summed E-state index contributed by atoms with van der Waals surface area (Å²) in [7, 11) is 0. The van der Waals surface area contributed by atoms with E-state index in [9.17, 15) is 9.90 Å². The Morgan fingerprint density at radius 3 is 2.22 bits per heavy atom. The van der Waals surface area contributed by atoms with Gasteiger partial charge < -0.3 is 9.84 Å². The summed E-state index contributed by atoms with van der Waals surface area (Å²) < 4.78 is 20.9. The Bertz CT molecular complexity index is 664. The summed E-state index contributed by atoms with van der Waals surface area (Å²) in [5.41, 5.74) is -1.05. The number of ether oxygens (including phenoxy) is 1. The van der Waals surface area contributed by atoms with Crippen LogP contribution < -0.4 is 4.74 Å². The number of aryl methyl sites for hydroxylation is 2. The number of aliphatic hydroxyl groups excluding tert-OH is 1. The second-order valence-electron chi connectivity index (χ2n) is 5.61. The molecule has 2 unspecified atom stereocenters. The molecule has 1 N–H and O–H groups in total. The zero-order chi connectivity index (χ0) is 17.0. The highest BCUT2D eigenvalue weighted by Gasteiger charge is 2.48. The summed E-state index contributed by atoms with van der Waals surface area (Å²) in [6.07, 6.45) is -1.39. The average molecular weight is 316 g/mol. The Balaban J connectivity index is 2.43. The average Bonchev–Trinajstić information content (AvgIpc) is 2.57. The van der Waals surface area contributed by atoms with Crippen LogP contribution >= 0.6 is 0 Å². The van der Waals surface area contributed by atoms with E-state index in [0.717, 1.165) is 11.1 Å². The largest absolute Gasteiger partial charge is 0.423 e. The maximum absolute atomic E-state index is 15.5. The minimum Gasteiger partial charge on any atom is -0.423 e. The molecule has 0 aromatic heterocycles. The van der Waals surface area contributed by atoms with Crippen LogP contribution in [0.25, 0.3) is 0 Å². The van der Waals surface area contributed by atoms with Crippen molar-refractivity contribution in [1.29, 1.82) is 0 Å². The zero-order valence-corrected chi connectivity index (χ0v) is 13.5. The highest BCUT2D eigenvalue weighted by Crippen LogP contribution is 2.35. The van der Waals surface area contributed by atoms with E-state index in [1.807, 2.05) is 6.07 Å². The second kappa shape index (κ2) is 6.92. The van der Waals surface area contributed by atoms with Crippen molar-refractivity contribution in [3.05, 3.63) is 65.2 Å². The van der Waals surface area contributed by atoms with Crippen LogP contribution in [0, 0.1) is 13.8 Å². The molecule has 0 saturated heterocycles. The lowest BCUT2D eigenvalue weighted by Crippen LogP contribution is -2.45. The lowest BCUT2D eigenvalue weighted by molar-refractivity contribution is -0.158. The lowest BCUT2D eigenvalue weighted by Gasteiger charge is -2.28. The molecular weight excluding hydrogens is 295 g/mol. The van der Waals surface area contributed by atoms with Crippen LogP contribution in [-0.2, 0) is 10.5 Å². The number of rotatable bonds is 5. The molecule has 23 heavy (non-hydrogen) atoms. The normalized spacial score (nSPS) is 14.8. The predicted octanol–water partition coefficient (Wildman–Crippen LogP) is 3.84. The van der Waals surface area contributed by atoms with Crippen LogP contribution in [0.4, 0.5) is 4.39 Å². The first kappa shape index (κ1) is 17.2. The quantitative estimate of drug-likeness (QED) is 0.673. The summed E-state index contributed by atoms with van der Waals surface area (Å²) in [4.78, 5) is 12.6. The molecule has 4 heteroatoms. The van der Waals surface area contributed by atoms with Crippen LogP contribution in [0.1, 0.15) is 30.0 Å². The third-order valence-corrected chi connectivity index (χ3v) is 3.94. The molecule has 0 heterocycles. The molecule has 0 radical (unpaired) electrons. The van der Waals surface area contributed by atoms with Gasteiger partial charge in [-0.25, -0.2) is 9.18 Å². The number of para-hydroxylation sites is 1. The van der Waals surface area contributed by atoms with E-state index >= 15 is 4.39 Å². The smallest absolute Gasteiger partial charge is 0.356 e. The van der Waals surface area contributed by atoms with Crippen molar-refractivity contribution < 1.29 is 19.0 Å².